The van der Waals surface area contributed by atoms with E-state index in [1.807, 2.05) is 42.1 Å². The van der Waals surface area contributed by atoms with Crippen molar-refractivity contribution in [1.29, 1.82) is 0 Å². The minimum Gasteiger partial charge on any atom is -0.464 e. The predicted molar refractivity (Wildman–Crippen MR) is 127 cm³/mol. The zero-order chi connectivity index (χ0) is 25.5. The fourth-order valence-electron chi connectivity index (χ4n) is 3.52. The number of aromatic nitrogens is 1. The Hall–Kier alpha value is -3.56. The van der Waals surface area contributed by atoms with Crippen molar-refractivity contribution >= 4 is 34.8 Å². The van der Waals surface area contributed by atoms with E-state index in [0.717, 1.165) is 16.5 Å². The summed E-state index contributed by atoms with van der Waals surface area (Å²) in [7, 11) is 1.90. The van der Waals surface area contributed by atoms with E-state index in [4.69, 9.17) is 15.2 Å². The quantitative estimate of drug-likeness (QED) is 0.449. The van der Waals surface area contributed by atoms with Gasteiger partial charge in [0.1, 0.15) is 17.7 Å². The lowest BCUT2D eigenvalue weighted by Gasteiger charge is -2.25. The molecule has 10 nitrogen and oxygen atoms in total. The summed E-state index contributed by atoms with van der Waals surface area (Å²) < 4.78 is 12.3. The normalized spacial score (nSPS) is 13.1. The van der Waals surface area contributed by atoms with E-state index in [0.29, 0.717) is 0 Å². The summed E-state index contributed by atoms with van der Waals surface area (Å²) in [5.74, 6) is -1.87. The Kier molecular flexibility index (Phi) is 9.05. The highest BCUT2D eigenvalue weighted by Crippen LogP contribution is 2.22. The van der Waals surface area contributed by atoms with E-state index < -0.39 is 41.6 Å². The van der Waals surface area contributed by atoms with Gasteiger partial charge in [0.05, 0.1) is 6.61 Å². The van der Waals surface area contributed by atoms with Crippen molar-refractivity contribution in [1.82, 2.24) is 15.2 Å². The van der Waals surface area contributed by atoms with Crippen LogP contribution in [-0.4, -0.2) is 52.7 Å². The number of fused-ring (bicyclic) bond motifs is 1. The molecular formula is C24H34N4O6. The molecule has 1 aromatic carbocycles. The van der Waals surface area contributed by atoms with Gasteiger partial charge in [-0.05, 0) is 45.7 Å². The number of aryl methyl sites for hydroxylation is 1. The molecule has 0 radical (unpaired) electrons. The molecule has 0 spiro atoms. The number of hydrogen-bond acceptors (Lipinski definition) is 6. The Bertz CT molecular complexity index is 1040. The molecule has 0 aliphatic carbocycles. The molecule has 186 valence electrons. The standard InChI is InChI=1S/C24H34N4O6/c1-6-33-22(31)18(13-15-14-28(5)19-10-8-7-9-16(15)19)26-21(30)17(11-12-20(25)29)27-23(32)34-24(2,3)4/h7-10,14,17-18H,6,11-13H2,1-5H3,(H2,25,29)(H,26,30)(H,27,32). The second kappa shape index (κ2) is 11.5. The third-order valence-electron chi connectivity index (χ3n) is 4.98. The Morgan fingerprint density at radius 1 is 1.09 bits per heavy atom. The highest BCUT2D eigenvalue weighted by atomic mass is 16.6. The van der Waals surface area contributed by atoms with Crippen LogP contribution in [0.2, 0.25) is 0 Å². The molecule has 0 aliphatic heterocycles. The number of rotatable bonds is 10. The van der Waals surface area contributed by atoms with Crippen LogP contribution in [0.5, 0.6) is 0 Å². The molecule has 2 rings (SSSR count). The fraction of sp³-hybridized carbons (Fsp3) is 0.500. The lowest BCUT2D eigenvalue weighted by molar-refractivity contribution is -0.147. The first-order valence-electron chi connectivity index (χ1n) is 11.2. The van der Waals surface area contributed by atoms with Crippen LogP contribution in [0.15, 0.2) is 30.5 Å². The SMILES string of the molecule is CCOC(=O)C(Cc1cn(C)c2ccccc12)NC(=O)C(CCC(N)=O)NC(=O)OC(C)(C)C. The number of benzene rings is 1. The molecule has 0 aliphatic rings. The summed E-state index contributed by atoms with van der Waals surface area (Å²) in [6, 6.07) is 5.58. The van der Waals surface area contributed by atoms with E-state index in [1.165, 1.54) is 0 Å². The molecule has 0 bridgehead atoms. The van der Waals surface area contributed by atoms with Crippen LogP contribution >= 0.6 is 0 Å². The fourth-order valence-corrected chi connectivity index (χ4v) is 3.52. The topological polar surface area (TPSA) is 142 Å². The molecule has 4 N–H and O–H groups in total. The van der Waals surface area contributed by atoms with E-state index in [1.54, 1.807) is 27.7 Å². The molecule has 1 heterocycles. The van der Waals surface area contributed by atoms with Crippen LogP contribution in [-0.2, 0) is 37.3 Å². The van der Waals surface area contributed by atoms with Crippen LogP contribution in [0.1, 0.15) is 46.1 Å². The molecule has 10 heteroatoms. The van der Waals surface area contributed by atoms with Crippen LogP contribution in [0, 0.1) is 0 Å². The molecule has 2 aromatic rings. The highest BCUT2D eigenvalue weighted by Gasteiger charge is 2.30. The van der Waals surface area contributed by atoms with Gasteiger partial charge in [-0.15, -0.1) is 0 Å². The van der Waals surface area contributed by atoms with Crippen molar-refractivity contribution in [3.63, 3.8) is 0 Å². The molecule has 0 fully saturated rings. The smallest absolute Gasteiger partial charge is 0.408 e. The van der Waals surface area contributed by atoms with Crippen molar-refractivity contribution < 1.29 is 28.7 Å². The van der Waals surface area contributed by atoms with E-state index >= 15 is 0 Å². The first-order valence-corrected chi connectivity index (χ1v) is 11.2. The van der Waals surface area contributed by atoms with Gasteiger partial charge >= 0.3 is 12.1 Å². The number of carbonyl (C=O) groups excluding carboxylic acids is 4. The first-order chi connectivity index (χ1) is 15.9. The average Bonchev–Trinajstić information content (AvgIpc) is 3.05. The third kappa shape index (κ3) is 7.79. The summed E-state index contributed by atoms with van der Waals surface area (Å²) in [6.07, 6.45) is 1.07. The summed E-state index contributed by atoms with van der Waals surface area (Å²) in [5, 5.41) is 6.09. The van der Waals surface area contributed by atoms with Gasteiger partial charge in [0.25, 0.3) is 0 Å². The monoisotopic (exact) mass is 474 g/mol. The van der Waals surface area contributed by atoms with Crippen LogP contribution in [0.25, 0.3) is 10.9 Å². The maximum atomic E-state index is 13.1. The molecule has 0 saturated heterocycles. The highest BCUT2D eigenvalue weighted by molar-refractivity contribution is 5.91. The summed E-state index contributed by atoms with van der Waals surface area (Å²) in [5.41, 5.74) is 6.28. The molecule has 3 amide bonds. The lowest BCUT2D eigenvalue weighted by Crippen LogP contribution is -2.53. The minimum absolute atomic E-state index is 0.0514. The number of ether oxygens (including phenoxy) is 2. The molecule has 2 atom stereocenters. The first kappa shape index (κ1) is 26.7. The Labute approximate surface area is 199 Å². The second-order valence-corrected chi connectivity index (χ2v) is 9.00. The molecule has 34 heavy (non-hydrogen) atoms. The predicted octanol–water partition coefficient (Wildman–Crippen LogP) is 1.93. The van der Waals surface area contributed by atoms with Gasteiger partial charge in [-0.1, -0.05) is 18.2 Å². The number of alkyl carbamates (subject to hydrolysis) is 1. The molecule has 0 saturated carbocycles. The van der Waals surface area contributed by atoms with Crippen molar-refractivity contribution in [3.8, 4) is 0 Å². The van der Waals surface area contributed by atoms with Gasteiger partial charge in [0.2, 0.25) is 11.8 Å². The minimum atomic E-state index is -1.13. The lowest BCUT2D eigenvalue weighted by atomic mass is 10.0. The van der Waals surface area contributed by atoms with Crippen molar-refractivity contribution in [2.45, 2.75) is 64.6 Å². The van der Waals surface area contributed by atoms with Crippen LogP contribution < -0.4 is 16.4 Å². The number of para-hydroxylation sites is 1. The van der Waals surface area contributed by atoms with E-state index in [2.05, 4.69) is 10.6 Å². The number of primary amides is 1. The number of esters is 1. The number of carbonyl (C=O) groups is 4. The average molecular weight is 475 g/mol. The maximum absolute atomic E-state index is 13.1. The van der Waals surface area contributed by atoms with Gasteiger partial charge < -0.3 is 30.4 Å². The number of nitrogens with zero attached hydrogens (tertiary/aromatic N) is 1. The zero-order valence-electron chi connectivity index (χ0n) is 20.3. The van der Waals surface area contributed by atoms with E-state index in [-0.39, 0.29) is 25.9 Å². The molecular weight excluding hydrogens is 440 g/mol. The number of amides is 3. The second-order valence-electron chi connectivity index (χ2n) is 9.00. The van der Waals surface area contributed by atoms with E-state index in [9.17, 15) is 19.2 Å². The Balaban J connectivity index is 2.25. The molecule has 1 aromatic heterocycles. The van der Waals surface area contributed by atoms with Crippen molar-refractivity contribution in [2.24, 2.45) is 12.8 Å². The summed E-state index contributed by atoms with van der Waals surface area (Å²) in [4.78, 5) is 49.3. The Morgan fingerprint density at radius 3 is 2.38 bits per heavy atom. The number of nitrogens with two attached hydrogens (primary N) is 1. The summed E-state index contributed by atoms with van der Waals surface area (Å²) >= 11 is 0. The maximum Gasteiger partial charge on any atom is 0.408 e. The van der Waals surface area contributed by atoms with Gasteiger partial charge in [-0.3, -0.25) is 9.59 Å². The summed E-state index contributed by atoms with van der Waals surface area (Å²) in [6.45, 7) is 6.88. The van der Waals surface area contributed by atoms with Crippen molar-refractivity contribution in [3.05, 3.63) is 36.0 Å². The van der Waals surface area contributed by atoms with Crippen molar-refractivity contribution in [2.75, 3.05) is 6.61 Å². The number of hydrogen-bond donors (Lipinski definition) is 3. The number of nitrogens with one attached hydrogen (secondary N) is 2. The Morgan fingerprint density at radius 2 is 1.76 bits per heavy atom. The zero-order valence-corrected chi connectivity index (χ0v) is 20.3. The van der Waals surface area contributed by atoms with Crippen LogP contribution in [0.3, 0.4) is 0 Å². The largest absolute Gasteiger partial charge is 0.464 e. The molecule has 2 unspecified atom stereocenters. The third-order valence-corrected chi connectivity index (χ3v) is 4.98. The van der Waals surface area contributed by atoms with Gasteiger partial charge in [-0.25, -0.2) is 9.59 Å². The van der Waals surface area contributed by atoms with Gasteiger partial charge in [0, 0.05) is 37.0 Å². The van der Waals surface area contributed by atoms with Gasteiger partial charge in [0.15, 0.2) is 0 Å². The van der Waals surface area contributed by atoms with Gasteiger partial charge in [-0.2, -0.15) is 0 Å². The van der Waals surface area contributed by atoms with Crippen LogP contribution in [0.4, 0.5) is 4.79 Å².